The van der Waals surface area contributed by atoms with Crippen molar-refractivity contribution in [3.63, 3.8) is 0 Å². The van der Waals surface area contributed by atoms with E-state index in [2.05, 4.69) is 4.98 Å². The summed E-state index contributed by atoms with van der Waals surface area (Å²) in [5.41, 5.74) is 0.848. The number of aliphatic hydroxyl groups excluding tert-OH is 1. The Morgan fingerprint density at radius 2 is 2.08 bits per heavy atom. The highest BCUT2D eigenvalue weighted by molar-refractivity contribution is 5.37. The van der Waals surface area contributed by atoms with E-state index in [1.54, 1.807) is 13.1 Å². The molecule has 0 bridgehead atoms. The molecule has 3 heteroatoms. The second-order valence-electron chi connectivity index (χ2n) is 3.02. The van der Waals surface area contributed by atoms with Gasteiger partial charge in [-0.25, -0.2) is 4.98 Å². The van der Waals surface area contributed by atoms with Gasteiger partial charge in [-0.1, -0.05) is 6.07 Å². The summed E-state index contributed by atoms with van der Waals surface area (Å²) in [6.45, 7) is 1.73. The fourth-order valence-electron chi connectivity index (χ4n) is 0.909. The first-order chi connectivity index (χ1) is 5.61. The molecule has 3 nitrogen and oxygen atoms in total. The van der Waals surface area contributed by atoms with Crippen molar-refractivity contribution < 1.29 is 5.11 Å². The molecule has 1 aromatic heterocycles. The van der Waals surface area contributed by atoms with Gasteiger partial charge in [-0.05, 0) is 18.6 Å². The molecule has 1 aromatic rings. The molecule has 1 atom stereocenters. The van der Waals surface area contributed by atoms with Crippen LogP contribution in [0.3, 0.4) is 0 Å². The zero-order valence-corrected chi connectivity index (χ0v) is 7.65. The Kier molecular flexibility index (Phi) is 2.65. The smallest absolute Gasteiger partial charge is 0.127 e. The molecule has 0 aromatic carbocycles. The minimum absolute atomic E-state index is 0.436. The van der Waals surface area contributed by atoms with Gasteiger partial charge in [-0.3, -0.25) is 0 Å². The number of nitrogens with zero attached hydrogens (tertiary/aromatic N) is 2. The summed E-state index contributed by atoms with van der Waals surface area (Å²) in [4.78, 5) is 6.09. The van der Waals surface area contributed by atoms with Crippen LogP contribution in [0.25, 0.3) is 0 Å². The zero-order chi connectivity index (χ0) is 9.14. The van der Waals surface area contributed by atoms with Crippen LogP contribution in [0.1, 0.15) is 18.6 Å². The molecule has 0 saturated carbocycles. The maximum atomic E-state index is 9.20. The van der Waals surface area contributed by atoms with Gasteiger partial charge in [0.2, 0.25) is 0 Å². The van der Waals surface area contributed by atoms with Crippen molar-refractivity contribution in [2.24, 2.45) is 0 Å². The van der Waals surface area contributed by atoms with Crippen molar-refractivity contribution in [3.05, 3.63) is 23.9 Å². The van der Waals surface area contributed by atoms with E-state index in [9.17, 15) is 5.11 Å². The minimum atomic E-state index is -0.436. The topological polar surface area (TPSA) is 36.4 Å². The van der Waals surface area contributed by atoms with Crippen LogP contribution in [0.4, 0.5) is 5.82 Å². The molecule has 1 unspecified atom stereocenters. The Morgan fingerprint density at radius 3 is 2.42 bits per heavy atom. The molecule has 1 rings (SSSR count). The molecule has 0 radical (unpaired) electrons. The van der Waals surface area contributed by atoms with Gasteiger partial charge in [0.1, 0.15) is 5.82 Å². The Balaban J connectivity index is 2.86. The van der Waals surface area contributed by atoms with Crippen LogP contribution in [0, 0.1) is 0 Å². The lowest BCUT2D eigenvalue weighted by molar-refractivity contribution is 0.199. The number of rotatable bonds is 2. The predicted octanol–water partition coefficient (Wildman–Crippen LogP) is 1.20. The van der Waals surface area contributed by atoms with Gasteiger partial charge in [0.25, 0.3) is 0 Å². The van der Waals surface area contributed by atoms with Crippen LogP contribution in [0.15, 0.2) is 18.3 Å². The minimum Gasteiger partial charge on any atom is -0.389 e. The normalized spacial score (nSPS) is 12.7. The summed E-state index contributed by atoms with van der Waals surface area (Å²) in [6, 6.07) is 3.77. The Bertz CT molecular complexity index is 214. The summed E-state index contributed by atoms with van der Waals surface area (Å²) in [5, 5.41) is 9.20. The number of pyridine rings is 1. The second-order valence-corrected chi connectivity index (χ2v) is 3.02. The lowest BCUT2D eigenvalue weighted by Crippen LogP contribution is -2.10. The summed E-state index contributed by atoms with van der Waals surface area (Å²) in [7, 11) is 3.87. The van der Waals surface area contributed by atoms with E-state index in [0.717, 1.165) is 11.4 Å². The summed E-state index contributed by atoms with van der Waals surface area (Å²) in [6.07, 6.45) is 1.26. The first kappa shape index (κ1) is 9.00. The third-order valence-corrected chi connectivity index (χ3v) is 1.71. The predicted molar refractivity (Wildman–Crippen MR) is 49.2 cm³/mol. The number of hydrogen-bond acceptors (Lipinski definition) is 3. The van der Waals surface area contributed by atoms with Gasteiger partial charge in [0.05, 0.1) is 6.10 Å². The van der Waals surface area contributed by atoms with E-state index >= 15 is 0 Å². The molecule has 0 aliphatic carbocycles. The van der Waals surface area contributed by atoms with Gasteiger partial charge in [-0.2, -0.15) is 0 Å². The highest BCUT2D eigenvalue weighted by atomic mass is 16.3. The van der Waals surface area contributed by atoms with E-state index in [0.29, 0.717) is 0 Å². The van der Waals surface area contributed by atoms with E-state index in [-0.39, 0.29) is 0 Å². The third-order valence-electron chi connectivity index (χ3n) is 1.71. The molecule has 0 spiro atoms. The van der Waals surface area contributed by atoms with Crippen LogP contribution >= 0.6 is 0 Å². The average molecular weight is 166 g/mol. The second kappa shape index (κ2) is 3.54. The molecule has 1 N–H and O–H groups in total. The summed E-state index contributed by atoms with van der Waals surface area (Å²) >= 11 is 0. The Labute approximate surface area is 72.7 Å². The zero-order valence-electron chi connectivity index (χ0n) is 7.65. The van der Waals surface area contributed by atoms with Crippen LogP contribution in [-0.2, 0) is 0 Å². The van der Waals surface area contributed by atoms with Gasteiger partial charge < -0.3 is 10.0 Å². The summed E-state index contributed by atoms with van der Waals surface area (Å²) in [5.74, 6) is 0.902. The van der Waals surface area contributed by atoms with E-state index in [1.807, 2.05) is 31.1 Å². The highest BCUT2D eigenvalue weighted by Gasteiger charge is 2.01. The van der Waals surface area contributed by atoms with Crippen LogP contribution < -0.4 is 4.90 Å². The molecule has 0 fully saturated rings. The average Bonchev–Trinajstić information content (AvgIpc) is 2.04. The molecule has 0 saturated heterocycles. The van der Waals surface area contributed by atoms with Crippen LogP contribution in [0.5, 0.6) is 0 Å². The first-order valence-corrected chi connectivity index (χ1v) is 3.92. The Hall–Kier alpha value is -1.09. The maximum absolute atomic E-state index is 9.20. The lowest BCUT2D eigenvalue weighted by Gasteiger charge is -2.11. The van der Waals surface area contributed by atoms with Gasteiger partial charge >= 0.3 is 0 Å². The largest absolute Gasteiger partial charge is 0.389 e. The number of hydrogen-bond donors (Lipinski definition) is 1. The van der Waals surface area contributed by atoms with Crippen LogP contribution in [0.2, 0.25) is 0 Å². The molecular weight excluding hydrogens is 152 g/mol. The van der Waals surface area contributed by atoms with Crippen molar-refractivity contribution in [1.82, 2.24) is 4.98 Å². The van der Waals surface area contributed by atoms with Crippen LogP contribution in [-0.4, -0.2) is 24.2 Å². The maximum Gasteiger partial charge on any atom is 0.127 e. The first-order valence-electron chi connectivity index (χ1n) is 3.92. The Morgan fingerprint density at radius 1 is 1.42 bits per heavy atom. The van der Waals surface area contributed by atoms with Crippen molar-refractivity contribution in [3.8, 4) is 0 Å². The van der Waals surface area contributed by atoms with E-state index in [4.69, 9.17) is 0 Å². The van der Waals surface area contributed by atoms with E-state index < -0.39 is 6.10 Å². The van der Waals surface area contributed by atoms with Gasteiger partial charge in [0, 0.05) is 20.3 Å². The van der Waals surface area contributed by atoms with Crippen molar-refractivity contribution >= 4 is 5.82 Å². The van der Waals surface area contributed by atoms with Gasteiger partial charge in [-0.15, -0.1) is 0 Å². The lowest BCUT2D eigenvalue weighted by atomic mass is 10.2. The third kappa shape index (κ3) is 1.95. The molecule has 1 heterocycles. The highest BCUT2D eigenvalue weighted by Crippen LogP contribution is 2.13. The number of anilines is 1. The monoisotopic (exact) mass is 166 g/mol. The fourth-order valence-corrected chi connectivity index (χ4v) is 0.909. The molecule has 12 heavy (non-hydrogen) atoms. The van der Waals surface area contributed by atoms with Crippen molar-refractivity contribution in [2.45, 2.75) is 13.0 Å². The molecule has 0 amide bonds. The number of aromatic nitrogens is 1. The molecule has 66 valence electrons. The standard InChI is InChI=1S/C9H14N2O/c1-7(12)8-4-5-9(10-6-8)11(2)3/h4-7,12H,1-3H3. The van der Waals surface area contributed by atoms with E-state index in [1.165, 1.54) is 0 Å². The summed E-state index contributed by atoms with van der Waals surface area (Å²) < 4.78 is 0. The number of aliphatic hydroxyl groups is 1. The quantitative estimate of drug-likeness (QED) is 0.717. The fraction of sp³-hybridized carbons (Fsp3) is 0.444. The molecular formula is C9H14N2O. The molecule has 0 aliphatic rings. The van der Waals surface area contributed by atoms with Crippen molar-refractivity contribution in [2.75, 3.05) is 19.0 Å². The van der Waals surface area contributed by atoms with Crippen molar-refractivity contribution in [1.29, 1.82) is 0 Å². The SMILES string of the molecule is CC(O)c1ccc(N(C)C)nc1. The molecule has 0 aliphatic heterocycles. The van der Waals surface area contributed by atoms with Gasteiger partial charge in [0.15, 0.2) is 0 Å².